The summed E-state index contributed by atoms with van der Waals surface area (Å²) in [5, 5.41) is 9.05. The molecular formula is C17H30N4S. The molecule has 0 aliphatic carbocycles. The lowest BCUT2D eigenvalue weighted by Gasteiger charge is -2.41. The molecule has 5 heteroatoms. The highest BCUT2D eigenvalue weighted by Crippen LogP contribution is 2.19. The van der Waals surface area contributed by atoms with Crippen molar-refractivity contribution >= 4 is 17.3 Å². The monoisotopic (exact) mass is 322 g/mol. The lowest BCUT2D eigenvalue weighted by Crippen LogP contribution is -2.54. The number of nitrogens with zero attached hydrogens (tertiary/aromatic N) is 2. The van der Waals surface area contributed by atoms with E-state index in [0.717, 1.165) is 19.0 Å². The first-order chi connectivity index (χ1) is 10.5. The van der Waals surface area contributed by atoms with Crippen molar-refractivity contribution in [2.45, 2.75) is 52.1 Å². The number of aliphatic imine (C=N–C) groups is 1. The number of likely N-dealkylation sites (tertiary alicyclic amines) is 1. The van der Waals surface area contributed by atoms with Gasteiger partial charge in [-0.2, -0.15) is 0 Å². The van der Waals surface area contributed by atoms with Crippen LogP contribution in [0.4, 0.5) is 0 Å². The topological polar surface area (TPSA) is 39.7 Å². The summed E-state index contributed by atoms with van der Waals surface area (Å²) in [4.78, 5) is 8.32. The second-order valence-corrected chi connectivity index (χ2v) is 7.67. The van der Waals surface area contributed by atoms with Gasteiger partial charge in [0.1, 0.15) is 0 Å². The van der Waals surface area contributed by atoms with Crippen molar-refractivity contribution in [1.82, 2.24) is 15.5 Å². The fourth-order valence-corrected chi connectivity index (χ4v) is 3.73. The van der Waals surface area contributed by atoms with Crippen molar-refractivity contribution in [1.29, 1.82) is 0 Å². The van der Waals surface area contributed by atoms with Crippen LogP contribution in [0.3, 0.4) is 0 Å². The van der Waals surface area contributed by atoms with Gasteiger partial charge in [-0.15, -0.1) is 11.3 Å². The average molecular weight is 323 g/mol. The minimum atomic E-state index is 0.164. The number of aryl methyl sites for hydroxylation is 1. The smallest absolute Gasteiger partial charge is 0.191 e. The zero-order chi connectivity index (χ0) is 16.0. The lowest BCUT2D eigenvalue weighted by molar-refractivity contribution is 0.0982. The molecular weight excluding hydrogens is 292 g/mol. The Hall–Kier alpha value is -1.07. The molecule has 0 amide bonds. The normalized spacial score (nSPS) is 17.5. The van der Waals surface area contributed by atoms with E-state index in [2.05, 4.69) is 52.7 Å². The van der Waals surface area contributed by atoms with Crippen LogP contribution in [-0.4, -0.2) is 43.1 Å². The Morgan fingerprint density at radius 2 is 2.00 bits per heavy atom. The van der Waals surface area contributed by atoms with E-state index in [0.29, 0.717) is 0 Å². The highest BCUT2D eigenvalue weighted by molar-refractivity contribution is 7.10. The molecule has 1 aromatic heterocycles. The Labute approximate surface area is 139 Å². The van der Waals surface area contributed by atoms with Gasteiger partial charge in [-0.3, -0.25) is 9.89 Å². The molecule has 0 radical (unpaired) electrons. The second-order valence-electron chi connectivity index (χ2n) is 6.67. The Morgan fingerprint density at radius 3 is 2.59 bits per heavy atom. The Kier molecular flexibility index (Phi) is 6.26. The summed E-state index contributed by atoms with van der Waals surface area (Å²) in [5.74, 6) is 0.887. The standard InChI is InChI=1S/C17H30N4S/c1-14-8-11-22-15(14)12-19-16(18-4)20-13-17(2,3)21-9-6-5-7-10-21/h8,11H,5-7,9-10,12-13H2,1-4H3,(H2,18,19,20). The number of piperidine rings is 1. The number of thiophene rings is 1. The Bertz CT molecular complexity index is 487. The molecule has 0 unspecified atom stereocenters. The lowest BCUT2D eigenvalue weighted by atomic mass is 9.98. The molecule has 1 aromatic rings. The summed E-state index contributed by atoms with van der Waals surface area (Å²) in [6.45, 7) is 11.0. The SMILES string of the molecule is CN=C(NCc1sccc1C)NCC(C)(C)N1CCCCC1. The highest BCUT2D eigenvalue weighted by Gasteiger charge is 2.27. The third-order valence-electron chi connectivity index (χ3n) is 4.51. The van der Waals surface area contributed by atoms with Crippen LogP contribution >= 0.6 is 11.3 Å². The average Bonchev–Trinajstić information content (AvgIpc) is 2.93. The van der Waals surface area contributed by atoms with Gasteiger partial charge in [0.05, 0.1) is 6.54 Å². The summed E-state index contributed by atoms with van der Waals surface area (Å²) in [5.41, 5.74) is 1.51. The highest BCUT2D eigenvalue weighted by atomic mass is 32.1. The maximum Gasteiger partial charge on any atom is 0.191 e. The molecule has 124 valence electrons. The van der Waals surface area contributed by atoms with Gasteiger partial charge in [-0.25, -0.2) is 0 Å². The van der Waals surface area contributed by atoms with Gasteiger partial charge in [0, 0.05) is 24.0 Å². The third-order valence-corrected chi connectivity index (χ3v) is 5.53. The van der Waals surface area contributed by atoms with Gasteiger partial charge in [-0.05, 0) is 63.7 Å². The Balaban J connectivity index is 1.81. The van der Waals surface area contributed by atoms with Crippen LogP contribution in [0.5, 0.6) is 0 Å². The minimum Gasteiger partial charge on any atom is -0.355 e. The number of hydrogen-bond donors (Lipinski definition) is 2. The van der Waals surface area contributed by atoms with Gasteiger partial charge in [0.2, 0.25) is 0 Å². The van der Waals surface area contributed by atoms with Crippen LogP contribution in [0.25, 0.3) is 0 Å². The molecule has 1 aliphatic heterocycles. The largest absolute Gasteiger partial charge is 0.355 e. The zero-order valence-electron chi connectivity index (χ0n) is 14.4. The molecule has 1 aliphatic rings. The van der Waals surface area contributed by atoms with Crippen LogP contribution in [-0.2, 0) is 6.54 Å². The predicted molar refractivity (Wildman–Crippen MR) is 96.8 cm³/mol. The van der Waals surface area contributed by atoms with Crippen molar-refractivity contribution in [2.24, 2.45) is 4.99 Å². The van der Waals surface area contributed by atoms with Crippen LogP contribution in [0.1, 0.15) is 43.6 Å². The summed E-state index contributed by atoms with van der Waals surface area (Å²) in [6, 6.07) is 2.16. The molecule has 0 aromatic carbocycles. The van der Waals surface area contributed by atoms with Crippen molar-refractivity contribution in [3.8, 4) is 0 Å². The zero-order valence-corrected chi connectivity index (χ0v) is 15.2. The molecule has 1 saturated heterocycles. The van der Waals surface area contributed by atoms with Gasteiger partial charge in [0.15, 0.2) is 5.96 Å². The van der Waals surface area contributed by atoms with Gasteiger partial charge < -0.3 is 10.6 Å². The van der Waals surface area contributed by atoms with E-state index >= 15 is 0 Å². The summed E-state index contributed by atoms with van der Waals surface area (Å²) in [6.07, 6.45) is 4.03. The molecule has 0 atom stereocenters. The first kappa shape index (κ1) is 17.3. The van der Waals surface area contributed by atoms with Crippen LogP contribution in [0, 0.1) is 6.92 Å². The molecule has 0 spiro atoms. The first-order valence-electron chi connectivity index (χ1n) is 8.25. The van der Waals surface area contributed by atoms with Gasteiger partial charge >= 0.3 is 0 Å². The van der Waals surface area contributed by atoms with E-state index in [1.165, 1.54) is 42.8 Å². The van der Waals surface area contributed by atoms with E-state index < -0.39 is 0 Å². The molecule has 0 bridgehead atoms. The second kappa shape index (κ2) is 7.97. The van der Waals surface area contributed by atoms with E-state index in [1.54, 1.807) is 11.3 Å². The number of nitrogens with one attached hydrogen (secondary N) is 2. The predicted octanol–water partition coefficient (Wildman–Crippen LogP) is 2.99. The van der Waals surface area contributed by atoms with Crippen LogP contribution in [0.2, 0.25) is 0 Å². The van der Waals surface area contributed by atoms with Crippen molar-refractivity contribution < 1.29 is 0 Å². The maximum atomic E-state index is 4.35. The molecule has 1 fully saturated rings. The first-order valence-corrected chi connectivity index (χ1v) is 9.13. The van der Waals surface area contributed by atoms with E-state index in [9.17, 15) is 0 Å². The summed E-state index contributed by atoms with van der Waals surface area (Å²) < 4.78 is 0. The molecule has 4 nitrogen and oxygen atoms in total. The maximum absolute atomic E-state index is 4.35. The quantitative estimate of drug-likeness (QED) is 0.647. The minimum absolute atomic E-state index is 0.164. The Morgan fingerprint density at radius 1 is 1.27 bits per heavy atom. The van der Waals surface area contributed by atoms with Crippen LogP contribution < -0.4 is 10.6 Å². The molecule has 2 heterocycles. The fourth-order valence-electron chi connectivity index (χ4n) is 2.88. The fraction of sp³-hybridized carbons (Fsp3) is 0.706. The number of guanidine groups is 1. The van der Waals surface area contributed by atoms with E-state index in [1.807, 2.05) is 7.05 Å². The summed E-state index contributed by atoms with van der Waals surface area (Å²) >= 11 is 1.79. The number of rotatable bonds is 5. The third kappa shape index (κ3) is 4.71. The summed E-state index contributed by atoms with van der Waals surface area (Å²) in [7, 11) is 1.84. The molecule has 0 saturated carbocycles. The van der Waals surface area contributed by atoms with Crippen molar-refractivity contribution in [2.75, 3.05) is 26.7 Å². The van der Waals surface area contributed by atoms with Crippen LogP contribution in [0.15, 0.2) is 16.4 Å². The van der Waals surface area contributed by atoms with Crippen molar-refractivity contribution in [3.63, 3.8) is 0 Å². The van der Waals surface area contributed by atoms with Crippen molar-refractivity contribution in [3.05, 3.63) is 21.9 Å². The number of hydrogen-bond acceptors (Lipinski definition) is 3. The van der Waals surface area contributed by atoms with Gasteiger partial charge in [-0.1, -0.05) is 6.42 Å². The van der Waals surface area contributed by atoms with E-state index in [-0.39, 0.29) is 5.54 Å². The molecule has 2 N–H and O–H groups in total. The molecule has 2 rings (SSSR count). The van der Waals surface area contributed by atoms with E-state index in [4.69, 9.17) is 0 Å². The molecule has 22 heavy (non-hydrogen) atoms. The van der Waals surface area contributed by atoms with Gasteiger partial charge in [0.25, 0.3) is 0 Å².